The quantitative estimate of drug-likeness (QED) is 0.718. The van der Waals surface area contributed by atoms with Crippen LogP contribution in [0.2, 0.25) is 0 Å². The van der Waals surface area contributed by atoms with Crippen LogP contribution in [-0.2, 0) is 0 Å². The predicted octanol–water partition coefficient (Wildman–Crippen LogP) is 3.61. The third-order valence-corrected chi connectivity index (χ3v) is 5.85. The lowest BCUT2D eigenvalue weighted by molar-refractivity contribution is -0.0363. The van der Waals surface area contributed by atoms with Crippen LogP contribution in [0.1, 0.15) is 57.8 Å². The summed E-state index contributed by atoms with van der Waals surface area (Å²) in [5.74, 6) is 4.40. The van der Waals surface area contributed by atoms with Crippen molar-refractivity contribution in [2.45, 2.75) is 57.8 Å². The van der Waals surface area contributed by atoms with Gasteiger partial charge in [-0.05, 0) is 48.9 Å². The number of aliphatic hydroxyl groups excluding tert-OH is 1. The number of hydrogen-bond acceptors (Lipinski definition) is 1. The van der Waals surface area contributed by atoms with Crippen molar-refractivity contribution in [2.24, 2.45) is 29.6 Å². The molecule has 0 aliphatic heterocycles. The molecule has 1 N–H and O–H groups in total. The SMILES string of the molecule is OCC1C2CCCCC2CC2CCCCC21. The van der Waals surface area contributed by atoms with Crippen LogP contribution in [0.4, 0.5) is 0 Å². The van der Waals surface area contributed by atoms with Gasteiger partial charge in [-0.25, -0.2) is 0 Å². The highest BCUT2D eigenvalue weighted by atomic mass is 16.3. The molecular formula is C15H26O. The van der Waals surface area contributed by atoms with Crippen molar-refractivity contribution in [1.82, 2.24) is 0 Å². The van der Waals surface area contributed by atoms with E-state index in [-0.39, 0.29) is 0 Å². The van der Waals surface area contributed by atoms with E-state index in [1.807, 2.05) is 0 Å². The summed E-state index contributed by atoms with van der Waals surface area (Å²) >= 11 is 0. The minimum absolute atomic E-state index is 0.475. The van der Waals surface area contributed by atoms with Crippen LogP contribution >= 0.6 is 0 Å². The normalized spacial score (nSPS) is 48.2. The molecule has 4 atom stereocenters. The van der Waals surface area contributed by atoms with E-state index in [0.717, 1.165) is 23.7 Å². The van der Waals surface area contributed by atoms with Crippen molar-refractivity contribution in [2.75, 3.05) is 6.61 Å². The summed E-state index contributed by atoms with van der Waals surface area (Å²) in [7, 11) is 0. The second kappa shape index (κ2) is 4.68. The van der Waals surface area contributed by atoms with Gasteiger partial charge in [0, 0.05) is 6.61 Å². The van der Waals surface area contributed by atoms with Gasteiger partial charge in [-0.3, -0.25) is 0 Å². The van der Waals surface area contributed by atoms with Crippen LogP contribution < -0.4 is 0 Å². The molecular weight excluding hydrogens is 196 g/mol. The first-order chi connectivity index (χ1) is 7.90. The van der Waals surface area contributed by atoms with Crippen molar-refractivity contribution in [3.63, 3.8) is 0 Å². The maximum Gasteiger partial charge on any atom is 0.0464 e. The van der Waals surface area contributed by atoms with Gasteiger partial charge in [0.2, 0.25) is 0 Å². The molecule has 3 aliphatic rings. The minimum atomic E-state index is 0.475. The van der Waals surface area contributed by atoms with E-state index >= 15 is 0 Å². The lowest BCUT2D eigenvalue weighted by Crippen LogP contribution is -2.44. The Balaban J connectivity index is 1.78. The average Bonchev–Trinajstić information content (AvgIpc) is 2.36. The van der Waals surface area contributed by atoms with Crippen molar-refractivity contribution in [1.29, 1.82) is 0 Å². The van der Waals surface area contributed by atoms with Crippen LogP contribution in [0.3, 0.4) is 0 Å². The van der Waals surface area contributed by atoms with E-state index in [2.05, 4.69) is 0 Å². The first-order valence-corrected chi connectivity index (χ1v) is 7.51. The predicted molar refractivity (Wildman–Crippen MR) is 66.1 cm³/mol. The van der Waals surface area contributed by atoms with Gasteiger partial charge in [-0.15, -0.1) is 0 Å². The molecule has 0 heterocycles. The zero-order chi connectivity index (χ0) is 11.0. The van der Waals surface area contributed by atoms with Gasteiger partial charge in [-0.2, -0.15) is 0 Å². The Morgan fingerprint density at radius 2 is 1.25 bits per heavy atom. The fourth-order valence-corrected chi connectivity index (χ4v) is 5.16. The summed E-state index contributed by atoms with van der Waals surface area (Å²) in [5, 5.41) is 9.77. The van der Waals surface area contributed by atoms with Crippen LogP contribution in [0.5, 0.6) is 0 Å². The zero-order valence-electron chi connectivity index (χ0n) is 10.4. The van der Waals surface area contributed by atoms with E-state index < -0.39 is 0 Å². The topological polar surface area (TPSA) is 20.2 Å². The summed E-state index contributed by atoms with van der Waals surface area (Å²) in [4.78, 5) is 0. The fraction of sp³-hybridized carbons (Fsp3) is 1.00. The largest absolute Gasteiger partial charge is 0.396 e. The molecule has 3 aliphatic carbocycles. The Kier molecular flexibility index (Phi) is 3.24. The molecule has 1 heteroatoms. The van der Waals surface area contributed by atoms with Crippen molar-refractivity contribution >= 4 is 0 Å². The van der Waals surface area contributed by atoms with Gasteiger partial charge in [-0.1, -0.05) is 38.5 Å². The Hall–Kier alpha value is -0.0400. The Morgan fingerprint density at radius 3 is 1.75 bits per heavy atom. The number of fused-ring (bicyclic) bond motifs is 2. The average molecular weight is 222 g/mol. The van der Waals surface area contributed by atoms with E-state index in [1.54, 1.807) is 0 Å². The Morgan fingerprint density at radius 1 is 0.750 bits per heavy atom. The lowest BCUT2D eigenvalue weighted by atomic mass is 9.55. The molecule has 1 nitrogen and oxygen atoms in total. The van der Waals surface area contributed by atoms with Crippen LogP contribution in [0.15, 0.2) is 0 Å². The summed E-state index contributed by atoms with van der Waals surface area (Å²) in [6.07, 6.45) is 13.0. The number of aliphatic hydroxyl groups is 1. The van der Waals surface area contributed by atoms with Crippen molar-refractivity contribution < 1.29 is 5.11 Å². The highest BCUT2D eigenvalue weighted by Gasteiger charge is 2.45. The maximum absolute atomic E-state index is 9.77. The molecule has 0 aromatic rings. The van der Waals surface area contributed by atoms with Crippen molar-refractivity contribution in [3.8, 4) is 0 Å². The Labute approximate surface area is 99.6 Å². The molecule has 3 rings (SSSR count). The molecule has 3 saturated carbocycles. The van der Waals surface area contributed by atoms with Crippen LogP contribution in [0, 0.1) is 29.6 Å². The minimum Gasteiger partial charge on any atom is -0.396 e. The lowest BCUT2D eigenvalue weighted by Gasteiger charge is -2.51. The monoisotopic (exact) mass is 222 g/mol. The molecule has 0 radical (unpaired) electrons. The molecule has 4 unspecified atom stereocenters. The molecule has 0 aromatic carbocycles. The molecule has 92 valence electrons. The fourth-order valence-electron chi connectivity index (χ4n) is 5.16. The summed E-state index contributed by atoms with van der Waals surface area (Å²) < 4.78 is 0. The van der Waals surface area contributed by atoms with Gasteiger partial charge in [0.1, 0.15) is 0 Å². The first kappa shape index (κ1) is 11.1. The van der Waals surface area contributed by atoms with Crippen LogP contribution in [-0.4, -0.2) is 11.7 Å². The molecule has 0 bridgehead atoms. The highest BCUT2D eigenvalue weighted by Crippen LogP contribution is 2.52. The summed E-state index contributed by atoms with van der Waals surface area (Å²) in [6.45, 7) is 0.475. The number of hydrogen-bond donors (Lipinski definition) is 1. The number of rotatable bonds is 1. The second-order valence-corrected chi connectivity index (χ2v) is 6.50. The van der Waals surface area contributed by atoms with Gasteiger partial charge < -0.3 is 5.11 Å². The molecule has 0 aromatic heterocycles. The van der Waals surface area contributed by atoms with Crippen molar-refractivity contribution in [3.05, 3.63) is 0 Å². The van der Waals surface area contributed by atoms with Gasteiger partial charge >= 0.3 is 0 Å². The molecule has 0 spiro atoms. The third kappa shape index (κ3) is 1.81. The smallest absolute Gasteiger partial charge is 0.0464 e. The van der Waals surface area contributed by atoms with Gasteiger partial charge in [0.15, 0.2) is 0 Å². The Bertz CT molecular complexity index is 216. The standard InChI is InChI=1S/C15H26O/c16-10-15-13-7-3-1-5-11(13)9-12-6-2-4-8-14(12)15/h11-16H,1-10H2. The maximum atomic E-state index is 9.77. The third-order valence-electron chi connectivity index (χ3n) is 5.85. The van der Waals surface area contributed by atoms with E-state index in [1.165, 1.54) is 57.8 Å². The van der Waals surface area contributed by atoms with E-state index in [0.29, 0.717) is 12.5 Å². The first-order valence-electron chi connectivity index (χ1n) is 7.51. The molecule has 16 heavy (non-hydrogen) atoms. The summed E-state index contributed by atoms with van der Waals surface area (Å²) in [5.41, 5.74) is 0. The van der Waals surface area contributed by atoms with E-state index in [9.17, 15) is 5.11 Å². The molecule has 3 fully saturated rings. The second-order valence-electron chi connectivity index (χ2n) is 6.50. The summed E-state index contributed by atoms with van der Waals surface area (Å²) in [6, 6.07) is 0. The highest BCUT2D eigenvalue weighted by molar-refractivity contribution is 4.94. The zero-order valence-corrected chi connectivity index (χ0v) is 10.4. The van der Waals surface area contributed by atoms with E-state index in [4.69, 9.17) is 0 Å². The van der Waals surface area contributed by atoms with Gasteiger partial charge in [0.25, 0.3) is 0 Å². The molecule has 0 amide bonds. The molecule has 0 saturated heterocycles. The van der Waals surface area contributed by atoms with Gasteiger partial charge in [0.05, 0.1) is 0 Å². The van der Waals surface area contributed by atoms with Crippen LogP contribution in [0.25, 0.3) is 0 Å².